The van der Waals surface area contributed by atoms with Crippen molar-refractivity contribution in [3.05, 3.63) is 23.8 Å². The van der Waals surface area contributed by atoms with Crippen molar-refractivity contribution in [1.82, 2.24) is 5.32 Å². The van der Waals surface area contributed by atoms with Crippen LogP contribution < -0.4 is 14.8 Å². The molecule has 0 amide bonds. The number of ether oxygens (including phenoxy) is 2. The van der Waals surface area contributed by atoms with E-state index in [1.807, 2.05) is 0 Å². The fourth-order valence-electron chi connectivity index (χ4n) is 1.53. The van der Waals surface area contributed by atoms with Crippen molar-refractivity contribution in [3.63, 3.8) is 0 Å². The number of rotatable bonds is 8. The molecular formula is C12H13F6NO2. The second-order valence-corrected chi connectivity index (χ2v) is 3.99. The van der Waals surface area contributed by atoms with Crippen LogP contribution in [-0.4, -0.2) is 32.6 Å². The van der Waals surface area contributed by atoms with Gasteiger partial charge in [-0.05, 0) is 6.07 Å². The minimum absolute atomic E-state index is 0.0183. The first-order chi connectivity index (χ1) is 9.77. The van der Waals surface area contributed by atoms with Crippen molar-refractivity contribution < 1.29 is 35.8 Å². The van der Waals surface area contributed by atoms with E-state index in [-0.39, 0.29) is 23.6 Å². The summed E-state index contributed by atoms with van der Waals surface area (Å²) >= 11 is 0. The summed E-state index contributed by atoms with van der Waals surface area (Å²) < 4.78 is 83.1. The van der Waals surface area contributed by atoms with E-state index in [2.05, 4.69) is 10.1 Å². The Balaban J connectivity index is 2.79. The third-order valence-electron chi connectivity index (χ3n) is 2.48. The number of nitrogens with one attached hydrogen (secondary N) is 1. The molecule has 9 heteroatoms. The first-order valence-corrected chi connectivity index (χ1v) is 5.75. The molecule has 0 fully saturated rings. The lowest BCUT2D eigenvalue weighted by molar-refractivity contribution is -0.125. The van der Waals surface area contributed by atoms with Gasteiger partial charge in [-0.25, -0.2) is 8.78 Å². The maximum absolute atomic E-state index is 12.7. The Morgan fingerprint density at radius 2 is 1.86 bits per heavy atom. The van der Waals surface area contributed by atoms with E-state index in [9.17, 15) is 26.3 Å². The molecule has 1 N–H and O–H groups in total. The van der Waals surface area contributed by atoms with Crippen LogP contribution >= 0.6 is 0 Å². The molecule has 1 aromatic rings. The van der Waals surface area contributed by atoms with Gasteiger partial charge < -0.3 is 14.8 Å². The first-order valence-electron chi connectivity index (χ1n) is 5.75. The number of methoxy groups -OCH3 is 1. The van der Waals surface area contributed by atoms with Crippen LogP contribution in [0.15, 0.2) is 18.2 Å². The van der Waals surface area contributed by atoms with E-state index in [0.29, 0.717) is 0 Å². The number of hydrogen-bond acceptors (Lipinski definition) is 3. The molecular weight excluding hydrogens is 304 g/mol. The van der Waals surface area contributed by atoms with Gasteiger partial charge in [-0.15, -0.1) is 0 Å². The molecule has 0 aliphatic rings. The Bertz CT molecular complexity index is 455. The van der Waals surface area contributed by atoms with E-state index in [1.54, 1.807) is 0 Å². The van der Waals surface area contributed by atoms with Gasteiger partial charge in [0.2, 0.25) is 0 Å². The van der Waals surface area contributed by atoms with E-state index in [1.165, 1.54) is 25.3 Å². The molecule has 0 saturated heterocycles. The van der Waals surface area contributed by atoms with E-state index >= 15 is 0 Å². The molecule has 0 aliphatic carbocycles. The molecule has 3 nitrogen and oxygen atoms in total. The summed E-state index contributed by atoms with van der Waals surface area (Å²) in [5, 5.41) is 2.08. The van der Waals surface area contributed by atoms with Crippen molar-refractivity contribution in [3.8, 4) is 11.5 Å². The fraction of sp³-hybridized carbons (Fsp3) is 0.500. The molecule has 1 aromatic carbocycles. The lowest BCUT2D eigenvalue weighted by atomic mass is 10.2. The molecule has 0 heterocycles. The van der Waals surface area contributed by atoms with Crippen molar-refractivity contribution in [2.45, 2.75) is 25.5 Å². The van der Waals surface area contributed by atoms with Gasteiger partial charge in [0.1, 0.15) is 0 Å². The molecule has 1 rings (SSSR count). The maximum atomic E-state index is 12.7. The van der Waals surface area contributed by atoms with Crippen LogP contribution in [0, 0.1) is 0 Å². The molecule has 0 aromatic heterocycles. The Morgan fingerprint density at radius 1 is 1.19 bits per heavy atom. The molecule has 0 saturated carbocycles. The van der Waals surface area contributed by atoms with Crippen LogP contribution in [0.25, 0.3) is 0 Å². The zero-order valence-corrected chi connectivity index (χ0v) is 10.9. The largest absolute Gasteiger partial charge is 0.493 e. The number of benzene rings is 1. The van der Waals surface area contributed by atoms with E-state index < -0.39 is 25.5 Å². The van der Waals surface area contributed by atoms with Crippen molar-refractivity contribution in [2.75, 3.05) is 13.7 Å². The maximum Gasteiger partial charge on any atom is 0.387 e. The Labute approximate surface area is 116 Å². The van der Waals surface area contributed by atoms with Gasteiger partial charge >= 0.3 is 19.0 Å². The average molecular weight is 317 g/mol. The smallest absolute Gasteiger partial charge is 0.387 e. The van der Waals surface area contributed by atoms with Gasteiger partial charge in [-0.3, -0.25) is 0 Å². The number of alkyl halides is 6. The minimum atomic E-state index is -4.21. The van der Waals surface area contributed by atoms with Crippen LogP contribution in [0.1, 0.15) is 5.56 Å². The minimum Gasteiger partial charge on any atom is -0.493 e. The SMILES string of the molecule is COc1cccc(CNCC(F)(F)C(F)F)c1OC(F)F. The second kappa shape index (κ2) is 7.39. The normalized spacial score (nSPS) is 12.0. The third kappa shape index (κ3) is 5.00. The molecule has 0 atom stereocenters. The highest BCUT2D eigenvalue weighted by Crippen LogP contribution is 2.32. The van der Waals surface area contributed by atoms with Gasteiger partial charge in [0, 0.05) is 12.1 Å². The quantitative estimate of drug-likeness (QED) is 0.746. The van der Waals surface area contributed by atoms with Crippen LogP contribution in [0.3, 0.4) is 0 Å². The summed E-state index contributed by atoms with van der Waals surface area (Å²) in [6.07, 6.45) is -3.81. The monoisotopic (exact) mass is 317 g/mol. The van der Waals surface area contributed by atoms with E-state index in [0.717, 1.165) is 0 Å². The summed E-state index contributed by atoms with van der Waals surface area (Å²) in [4.78, 5) is 0. The number of para-hydroxylation sites is 1. The molecule has 0 spiro atoms. The Hall–Kier alpha value is -1.64. The number of hydrogen-bond donors (Lipinski definition) is 1. The molecule has 0 unspecified atom stereocenters. The number of halogens is 6. The highest BCUT2D eigenvalue weighted by Gasteiger charge is 2.40. The summed E-state index contributed by atoms with van der Waals surface area (Å²) in [5.41, 5.74) is 0.0831. The summed E-state index contributed by atoms with van der Waals surface area (Å²) in [7, 11) is 1.22. The molecule has 0 aliphatic heterocycles. The van der Waals surface area contributed by atoms with Crippen molar-refractivity contribution in [2.24, 2.45) is 0 Å². The lowest BCUT2D eigenvalue weighted by Crippen LogP contribution is -2.38. The molecule has 0 bridgehead atoms. The Kier molecular flexibility index (Phi) is 6.13. The predicted octanol–water partition coefficient (Wildman–Crippen LogP) is 3.29. The lowest BCUT2D eigenvalue weighted by Gasteiger charge is -2.18. The third-order valence-corrected chi connectivity index (χ3v) is 2.48. The van der Waals surface area contributed by atoms with Gasteiger partial charge in [0.15, 0.2) is 11.5 Å². The molecule has 21 heavy (non-hydrogen) atoms. The predicted molar refractivity (Wildman–Crippen MR) is 62.3 cm³/mol. The van der Waals surface area contributed by atoms with Crippen LogP contribution in [0.5, 0.6) is 11.5 Å². The summed E-state index contributed by atoms with van der Waals surface area (Å²) in [6, 6.07) is 4.10. The van der Waals surface area contributed by atoms with Gasteiger partial charge in [0.25, 0.3) is 0 Å². The van der Waals surface area contributed by atoms with Crippen LogP contribution in [0.4, 0.5) is 26.3 Å². The topological polar surface area (TPSA) is 30.5 Å². The van der Waals surface area contributed by atoms with E-state index in [4.69, 9.17) is 4.74 Å². The zero-order valence-electron chi connectivity index (χ0n) is 10.9. The Morgan fingerprint density at radius 3 is 2.38 bits per heavy atom. The highest BCUT2D eigenvalue weighted by molar-refractivity contribution is 5.46. The zero-order chi connectivity index (χ0) is 16.0. The molecule has 0 radical (unpaired) electrons. The average Bonchev–Trinajstić information content (AvgIpc) is 2.39. The van der Waals surface area contributed by atoms with Gasteiger partial charge in [0.05, 0.1) is 13.7 Å². The van der Waals surface area contributed by atoms with Crippen molar-refractivity contribution >= 4 is 0 Å². The standard InChI is InChI=1S/C12H13F6NO2/c1-20-8-4-2-3-7(9(8)21-11(15)16)5-19-6-12(17,18)10(13)14/h2-4,10-11,19H,5-6H2,1H3. The molecule has 120 valence electrons. The van der Waals surface area contributed by atoms with Gasteiger partial charge in [-0.1, -0.05) is 12.1 Å². The van der Waals surface area contributed by atoms with Crippen LogP contribution in [-0.2, 0) is 6.54 Å². The first kappa shape index (κ1) is 17.4. The summed E-state index contributed by atoms with van der Waals surface area (Å²) in [5.74, 6) is -4.55. The second-order valence-electron chi connectivity index (χ2n) is 3.99. The van der Waals surface area contributed by atoms with Gasteiger partial charge in [-0.2, -0.15) is 17.6 Å². The fourth-order valence-corrected chi connectivity index (χ4v) is 1.53. The van der Waals surface area contributed by atoms with Crippen LogP contribution in [0.2, 0.25) is 0 Å². The highest BCUT2D eigenvalue weighted by atomic mass is 19.3. The summed E-state index contributed by atoms with van der Waals surface area (Å²) in [6.45, 7) is -4.79. The van der Waals surface area contributed by atoms with Crippen molar-refractivity contribution in [1.29, 1.82) is 0 Å².